The van der Waals surface area contributed by atoms with Gasteiger partial charge in [-0.25, -0.2) is 9.97 Å². The monoisotopic (exact) mass is 346 g/mol. The number of imidazole rings is 2. The molecule has 5 rings (SSSR count). The Morgan fingerprint density at radius 1 is 0.917 bits per heavy atom. The number of aromatic nitrogens is 4. The number of thiophene rings is 2. The maximum absolute atomic E-state index is 4.27. The molecule has 0 unspecified atom stereocenters. The highest BCUT2D eigenvalue weighted by molar-refractivity contribution is 7.29. The molecule has 0 aliphatic rings. The second-order valence-electron chi connectivity index (χ2n) is 5.30. The number of fused-ring (bicyclic) bond motifs is 2. The first-order chi connectivity index (χ1) is 11.8. The van der Waals surface area contributed by atoms with Crippen molar-refractivity contribution in [2.24, 2.45) is 0 Å². The topological polar surface area (TPSA) is 57.4 Å². The summed E-state index contributed by atoms with van der Waals surface area (Å²) in [6.45, 7) is 0. The molecule has 24 heavy (non-hydrogen) atoms. The van der Waals surface area contributed by atoms with Gasteiger partial charge in [0.25, 0.3) is 0 Å². The van der Waals surface area contributed by atoms with E-state index in [1.807, 2.05) is 0 Å². The number of benzene rings is 1. The maximum Gasteiger partial charge on any atom is 0.109 e. The Bertz CT molecular complexity index is 1180. The molecule has 4 heterocycles. The van der Waals surface area contributed by atoms with E-state index in [0.717, 1.165) is 21.6 Å². The van der Waals surface area contributed by atoms with E-state index >= 15 is 0 Å². The second-order valence-corrected chi connectivity index (χ2v) is 7.47. The third kappa shape index (κ3) is 2.31. The van der Waals surface area contributed by atoms with Gasteiger partial charge in [-0.2, -0.15) is 0 Å². The van der Waals surface area contributed by atoms with E-state index in [4.69, 9.17) is 0 Å². The number of hydrogen-bond acceptors (Lipinski definition) is 4. The van der Waals surface area contributed by atoms with Gasteiger partial charge in [-0.15, -0.1) is 22.7 Å². The molecule has 0 aliphatic carbocycles. The molecule has 0 fully saturated rings. The van der Waals surface area contributed by atoms with Crippen LogP contribution in [0.5, 0.6) is 0 Å². The van der Waals surface area contributed by atoms with Crippen LogP contribution < -0.4 is 0 Å². The molecule has 6 heteroatoms. The molecule has 4 nitrogen and oxygen atoms in total. The largest absolute Gasteiger partial charge is 0.345 e. The number of nitrogens with zero attached hydrogens (tertiary/aromatic N) is 2. The predicted molar refractivity (Wildman–Crippen MR) is 99.4 cm³/mol. The van der Waals surface area contributed by atoms with E-state index in [1.54, 1.807) is 41.5 Å². The van der Waals surface area contributed by atoms with Crippen molar-refractivity contribution in [3.05, 3.63) is 59.8 Å². The number of aromatic amines is 2. The van der Waals surface area contributed by atoms with Gasteiger partial charge in [0.1, 0.15) is 5.69 Å². The molecule has 0 bridgehead atoms. The van der Waals surface area contributed by atoms with Gasteiger partial charge in [0.2, 0.25) is 0 Å². The lowest BCUT2D eigenvalue weighted by Crippen LogP contribution is -1.73. The number of rotatable bonds is 1. The fraction of sp³-hybridized carbons (Fsp3) is 0. The summed E-state index contributed by atoms with van der Waals surface area (Å²) < 4.78 is 2.54. The van der Waals surface area contributed by atoms with Crippen LogP contribution in [0.1, 0.15) is 10.6 Å². The van der Waals surface area contributed by atoms with E-state index in [-0.39, 0.29) is 0 Å². The molecular weight excluding hydrogens is 336 g/mol. The standard InChI is InChI=1S/C18H10N4S2/c1-4-14-15(22-10-21-14)5-11(1)16-7-18-17(24-16)6-13(23-18)3-2-12-8-19-9-20-12/h1,4-10H,(H,19,20)(H,21,22). The normalized spacial score (nSPS) is 11.0. The quantitative estimate of drug-likeness (QED) is 0.435. The average molecular weight is 346 g/mol. The Morgan fingerprint density at radius 3 is 2.75 bits per heavy atom. The van der Waals surface area contributed by atoms with E-state index in [1.165, 1.54) is 19.8 Å². The molecule has 0 aliphatic heterocycles. The van der Waals surface area contributed by atoms with Crippen LogP contribution >= 0.6 is 22.7 Å². The van der Waals surface area contributed by atoms with Crippen LogP contribution in [0.25, 0.3) is 30.9 Å². The van der Waals surface area contributed by atoms with Crippen LogP contribution in [-0.4, -0.2) is 19.9 Å². The van der Waals surface area contributed by atoms with Gasteiger partial charge in [0.15, 0.2) is 0 Å². The highest BCUT2D eigenvalue weighted by atomic mass is 32.1. The summed E-state index contributed by atoms with van der Waals surface area (Å²) in [5.41, 5.74) is 4.11. The van der Waals surface area contributed by atoms with E-state index in [2.05, 4.69) is 62.1 Å². The fourth-order valence-corrected chi connectivity index (χ4v) is 4.83. The number of hydrogen-bond donors (Lipinski definition) is 2. The summed E-state index contributed by atoms with van der Waals surface area (Å²) in [5.74, 6) is 6.28. The molecule has 0 radical (unpaired) electrons. The predicted octanol–water partition coefficient (Wildman–Crippen LogP) is 4.63. The highest BCUT2D eigenvalue weighted by Crippen LogP contribution is 2.38. The molecule has 0 saturated carbocycles. The zero-order chi connectivity index (χ0) is 15.9. The van der Waals surface area contributed by atoms with Gasteiger partial charge in [-0.1, -0.05) is 6.07 Å². The van der Waals surface area contributed by atoms with Gasteiger partial charge in [-0.05, 0) is 41.7 Å². The summed E-state index contributed by atoms with van der Waals surface area (Å²) >= 11 is 3.52. The summed E-state index contributed by atoms with van der Waals surface area (Å²) in [7, 11) is 0. The zero-order valence-electron chi connectivity index (χ0n) is 12.3. The van der Waals surface area contributed by atoms with Crippen LogP contribution in [0.3, 0.4) is 0 Å². The minimum Gasteiger partial charge on any atom is -0.345 e. The molecule has 5 aromatic rings. The Balaban J connectivity index is 1.51. The van der Waals surface area contributed by atoms with Crippen molar-refractivity contribution in [3.8, 4) is 22.3 Å². The molecule has 114 valence electrons. The Labute approximate surface area is 145 Å². The first-order valence-electron chi connectivity index (χ1n) is 7.32. The van der Waals surface area contributed by atoms with Crippen molar-refractivity contribution in [3.63, 3.8) is 0 Å². The Morgan fingerprint density at radius 2 is 1.88 bits per heavy atom. The molecule has 0 atom stereocenters. The lowest BCUT2D eigenvalue weighted by molar-refractivity contribution is 1.30. The summed E-state index contributed by atoms with van der Waals surface area (Å²) in [5, 5.41) is 0. The molecule has 0 amide bonds. The third-order valence-corrected chi connectivity index (χ3v) is 5.99. The highest BCUT2D eigenvalue weighted by Gasteiger charge is 2.09. The molecule has 4 aromatic heterocycles. The smallest absolute Gasteiger partial charge is 0.109 e. The van der Waals surface area contributed by atoms with Crippen LogP contribution in [0.2, 0.25) is 0 Å². The van der Waals surface area contributed by atoms with Crippen molar-refractivity contribution in [1.29, 1.82) is 0 Å². The Hall–Kier alpha value is -2.88. The van der Waals surface area contributed by atoms with Crippen LogP contribution in [0.15, 0.2) is 49.2 Å². The van der Waals surface area contributed by atoms with Crippen LogP contribution in [-0.2, 0) is 0 Å². The summed E-state index contributed by atoms with van der Waals surface area (Å²) in [6, 6.07) is 10.7. The first-order valence-corrected chi connectivity index (χ1v) is 8.96. The first kappa shape index (κ1) is 13.5. The van der Waals surface area contributed by atoms with Crippen molar-refractivity contribution in [2.75, 3.05) is 0 Å². The lowest BCUT2D eigenvalue weighted by atomic mass is 10.1. The lowest BCUT2D eigenvalue weighted by Gasteiger charge is -1.96. The molecule has 0 saturated heterocycles. The fourth-order valence-electron chi connectivity index (χ4n) is 2.58. The van der Waals surface area contributed by atoms with Gasteiger partial charge >= 0.3 is 0 Å². The molecular formula is C18H10N4S2. The van der Waals surface area contributed by atoms with Gasteiger partial charge in [0.05, 0.1) is 34.8 Å². The molecule has 2 N–H and O–H groups in total. The average Bonchev–Trinajstić information content (AvgIpc) is 3.34. The van der Waals surface area contributed by atoms with Crippen molar-refractivity contribution in [1.82, 2.24) is 19.9 Å². The van der Waals surface area contributed by atoms with Gasteiger partial charge in [0, 0.05) is 14.3 Å². The zero-order valence-corrected chi connectivity index (χ0v) is 14.0. The Kier molecular flexibility index (Phi) is 3.01. The van der Waals surface area contributed by atoms with E-state index in [9.17, 15) is 0 Å². The van der Waals surface area contributed by atoms with Gasteiger partial charge in [-0.3, -0.25) is 0 Å². The van der Waals surface area contributed by atoms with Crippen LogP contribution in [0.4, 0.5) is 0 Å². The van der Waals surface area contributed by atoms with Crippen molar-refractivity contribution >= 4 is 43.1 Å². The molecule has 0 spiro atoms. The van der Waals surface area contributed by atoms with E-state index < -0.39 is 0 Å². The van der Waals surface area contributed by atoms with Gasteiger partial charge < -0.3 is 9.97 Å². The van der Waals surface area contributed by atoms with E-state index in [0.29, 0.717) is 0 Å². The minimum atomic E-state index is 0.834. The SMILES string of the molecule is C(#Cc1cc2sc(-c3ccc4nc[nH]c4c3)cc2s1)c1cnc[nH]1. The molecule has 1 aromatic carbocycles. The van der Waals surface area contributed by atoms with Crippen molar-refractivity contribution < 1.29 is 0 Å². The number of H-pyrrole nitrogens is 2. The number of nitrogens with one attached hydrogen (secondary N) is 2. The maximum atomic E-state index is 4.27. The minimum absolute atomic E-state index is 0.834. The van der Waals surface area contributed by atoms with Crippen molar-refractivity contribution in [2.45, 2.75) is 0 Å². The summed E-state index contributed by atoms with van der Waals surface area (Å²) in [6.07, 6.45) is 5.10. The second kappa shape index (κ2) is 5.34. The third-order valence-electron chi connectivity index (χ3n) is 3.73. The summed E-state index contributed by atoms with van der Waals surface area (Å²) in [4.78, 5) is 16.7. The van der Waals surface area contributed by atoms with Crippen LogP contribution in [0, 0.1) is 11.8 Å².